The van der Waals surface area contributed by atoms with Crippen molar-refractivity contribution in [1.29, 1.82) is 0 Å². The average molecular weight is 277 g/mol. The van der Waals surface area contributed by atoms with Crippen LogP contribution < -0.4 is 0 Å². The maximum atomic E-state index is 12.0. The number of alkyl halides is 1. The average Bonchev–Trinajstić information content (AvgIpc) is 2.39. The van der Waals surface area contributed by atoms with Crippen LogP contribution in [0.2, 0.25) is 0 Å². The van der Waals surface area contributed by atoms with Gasteiger partial charge in [-0.05, 0) is 17.7 Å². The van der Waals surface area contributed by atoms with Gasteiger partial charge in [0.2, 0.25) is 0 Å². The van der Waals surface area contributed by atoms with Gasteiger partial charge in [0.25, 0.3) is 0 Å². The molecule has 4 heteroatoms. The fourth-order valence-electron chi connectivity index (χ4n) is 1.81. The molecule has 0 saturated heterocycles. The van der Waals surface area contributed by atoms with E-state index >= 15 is 0 Å². The van der Waals surface area contributed by atoms with Gasteiger partial charge in [0, 0.05) is 12.5 Å². The van der Waals surface area contributed by atoms with Gasteiger partial charge in [0.1, 0.15) is 11.5 Å². The number of rotatable bonds is 4. The van der Waals surface area contributed by atoms with E-state index in [4.69, 9.17) is 11.6 Å². The Morgan fingerprint density at radius 2 is 1.79 bits per heavy atom. The second-order valence-corrected chi connectivity index (χ2v) is 4.73. The zero-order valence-corrected chi connectivity index (χ0v) is 10.8. The number of phenolic OH excluding ortho intramolecular Hbond substituents is 2. The molecule has 19 heavy (non-hydrogen) atoms. The molecule has 1 unspecified atom stereocenters. The molecule has 0 bridgehead atoms. The topological polar surface area (TPSA) is 57.5 Å². The Kier molecular flexibility index (Phi) is 4.07. The van der Waals surface area contributed by atoms with Crippen molar-refractivity contribution in [2.75, 3.05) is 0 Å². The fourth-order valence-corrected chi connectivity index (χ4v) is 2.09. The summed E-state index contributed by atoms with van der Waals surface area (Å²) in [5.74, 6) is -0.581. The van der Waals surface area contributed by atoms with E-state index in [1.165, 1.54) is 12.1 Å². The lowest BCUT2D eigenvalue weighted by Gasteiger charge is -2.10. The van der Waals surface area contributed by atoms with E-state index in [2.05, 4.69) is 0 Å². The summed E-state index contributed by atoms with van der Waals surface area (Å²) >= 11 is 6.18. The number of halogens is 1. The second-order valence-electron chi connectivity index (χ2n) is 4.21. The summed E-state index contributed by atoms with van der Waals surface area (Å²) in [5, 5.41) is 18.4. The van der Waals surface area contributed by atoms with Crippen molar-refractivity contribution in [3.05, 3.63) is 59.7 Å². The fraction of sp³-hybridized carbons (Fsp3) is 0.133. The van der Waals surface area contributed by atoms with Crippen LogP contribution in [0, 0.1) is 0 Å². The van der Waals surface area contributed by atoms with E-state index in [-0.39, 0.29) is 29.3 Å². The maximum absolute atomic E-state index is 12.0. The van der Waals surface area contributed by atoms with Crippen LogP contribution >= 0.6 is 11.6 Å². The van der Waals surface area contributed by atoms with Gasteiger partial charge in [-0.3, -0.25) is 4.79 Å². The van der Waals surface area contributed by atoms with Crippen molar-refractivity contribution in [3.63, 3.8) is 0 Å². The van der Waals surface area contributed by atoms with Crippen LogP contribution in [-0.2, 0) is 0 Å². The number of hydrogen-bond donors (Lipinski definition) is 2. The van der Waals surface area contributed by atoms with Gasteiger partial charge in [0.15, 0.2) is 5.78 Å². The number of Topliss-reactive ketones (excluding diaryl/α,β-unsaturated/α-hetero) is 1. The Labute approximate surface area is 116 Å². The number of carbonyl (C=O) groups is 1. The van der Waals surface area contributed by atoms with Crippen molar-refractivity contribution in [2.45, 2.75) is 11.8 Å². The molecule has 2 aromatic rings. The number of carbonyl (C=O) groups excluding carboxylic acids is 1. The van der Waals surface area contributed by atoms with Gasteiger partial charge in [-0.15, -0.1) is 11.6 Å². The van der Waals surface area contributed by atoms with Crippen molar-refractivity contribution in [1.82, 2.24) is 0 Å². The molecule has 0 radical (unpaired) electrons. The molecule has 1 atom stereocenters. The Morgan fingerprint density at radius 3 is 2.42 bits per heavy atom. The van der Waals surface area contributed by atoms with Crippen molar-refractivity contribution in [3.8, 4) is 11.5 Å². The normalized spacial score (nSPS) is 12.1. The largest absolute Gasteiger partial charge is 0.508 e. The first kappa shape index (κ1) is 13.4. The predicted octanol–water partition coefficient (Wildman–Crippen LogP) is 3.65. The maximum Gasteiger partial charge on any atom is 0.168 e. The van der Waals surface area contributed by atoms with E-state index in [9.17, 15) is 15.0 Å². The van der Waals surface area contributed by atoms with Gasteiger partial charge in [-0.1, -0.05) is 30.3 Å². The highest BCUT2D eigenvalue weighted by Gasteiger charge is 2.17. The van der Waals surface area contributed by atoms with Crippen LogP contribution in [-0.4, -0.2) is 16.0 Å². The number of ketones is 1. The smallest absolute Gasteiger partial charge is 0.168 e. The predicted molar refractivity (Wildman–Crippen MR) is 73.8 cm³/mol. The van der Waals surface area contributed by atoms with E-state index in [1.807, 2.05) is 30.3 Å². The summed E-state index contributed by atoms with van der Waals surface area (Å²) in [4.78, 5) is 12.0. The molecule has 0 amide bonds. The molecular formula is C15H13ClO3. The lowest BCUT2D eigenvalue weighted by molar-refractivity contribution is 0.0979. The quantitative estimate of drug-likeness (QED) is 0.662. The zero-order chi connectivity index (χ0) is 13.8. The van der Waals surface area contributed by atoms with Gasteiger partial charge in [-0.2, -0.15) is 0 Å². The second kappa shape index (κ2) is 5.76. The molecule has 0 spiro atoms. The first-order valence-electron chi connectivity index (χ1n) is 5.82. The highest BCUT2D eigenvalue weighted by atomic mass is 35.5. The van der Waals surface area contributed by atoms with Crippen molar-refractivity contribution in [2.24, 2.45) is 0 Å². The van der Waals surface area contributed by atoms with Crippen LogP contribution in [0.1, 0.15) is 27.7 Å². The van der Waals surface area contributed by atoms with Crippen LogP contribution in [0.15, 0.2) is 48.5 Å². The minimum atomic E-state index is -0.443. The molecule has 0 aliphatic rings. The third-order valence-electron chi connectivity index (χ3n) is 2.81. The number of benzene rings is 2. The van der Waals surface area contributed by atoms with E-state index in [1.54, 1.807) is 0 Å². The molecule has 98 valence electrons. The molecule has 3 nitrogen and oxygen atoms in total. The Bertz CT molecular complexity index is 581. The summed E-state index contributed by atoms with van der Waals surface area (Å²) in [6.07, 6.45) is 0.0872. The Hall–Kier alpha value is -2.00. The standard InChI is InChI=1S/C15H13ClO3/c16-13(10-4-2-1-3-5-10)9-15(19)12-7-6-11(17)8-14(12)18/h1-8,13,17-18H,9H2. The van der Waals surface area contributed by atoms with Crippen molar-refractivity contribution < 1.29 is 15.0 Å². The highest BCUT2D eigenvalue weighted by Crippen LogP contribution is 2.29. The van der Waals surface area contributed by atoms with E-state index in [0.717, 1.165) is 11.6 Å². The van der Waals surface area contributed by atoms with Crippen LogP contribution in [0.5, 0.6) is 11.5 Å². The van der Waals surface area contributed by atoms with Crippen molar-refractivity contribution >= 4 is 17.4 Å². The minimum Gasteiger partial charge on any atom is -0.508 e. The summed E-state index contributed by atoms with van der Waals surface area (Å²) < 4.78 is 0. The summed E-state index contributed by atoms with van der Waals surface area (Å²) in [7, 11) is 0. The molecular weight excluding hydrogens is 264 g/mol. The van der Waals surface area contributed by atoms with Crippen LogP contribution in [0.4, 0.5) is 0 Å². The molecule has 0 heterocycles. The lowest BCUT2D eigenvalue weighted by Crippen LogP contribution is -2.03. The monoisotopic (exact) mass is 276 g/mol. The Balaban J connectivity index is 2.13. The molecule has 2 rings (SSSR count). The van der Waals surface area contributed by atoms with Gasteiger partial charge in [-0.25, -0.2) is 0 Å². The molecule has 2 aromatic carbocycles. The number of hydrogen-bond acceptors (Lipinski definition) is 3. The van der Waals surface area contributed by atoms with E-state index < -0.39 is 5.38 Å². The lowest BCUT2D eigenvalue weighted by atomic mass is 10.0. The van der Waals surface area contributed by atoms with E-state index in [0.29, 0.717) is 0 Å². The third kappa shape index (κ3) is 3.26. The van der Waals surface area contributed by atoms with Crippen LogP contribution in [0.25, 0.3) is 0 Å². The number of phenols is 2. The molecule has 0 fully saturated rings. The summed E-state index contributed by atoms with van der Waals surface area (Å²) in [6, 6.07) is 13.2. The molecule has 0 aliphatic carbocycles. The Morgan fingerprint density at radius 1 is 1.11 bits per heavy atom. The molecule has 0 aliphatic heterocycles. The first-order valence-corrected chi connectivity index (χ1v) is 6.26. The van der Waals surface area contributed by atoms with Gasteiger partial charge < -0.3 is 10.2 Å². The number of aromatic hydroxyl groups is 2. The first-order chi connectivity index (χ1) is 9.08. The summed E-state index contributed by atoms with van der Waals surface area (Å²) in [5.41, 5.74) is 1.02. The van der Waals surface area contributed by atoms with Gasteiger partial charge in [0.05, 0.1) is 10.9 Å². The molecule has 0 aromatic heterocycles. The highest BCUT2D eigenvalue weighted by molar-refractivity contribution is 6.22. The SMILES string of the molecule is O=C(CC(Cl)c1ccccc1)c1ccc(O)cc1O. The summed E-state index contributed by atoms with van der Waals surface area (Å²) in [6.45, 7) is 0. The zero-order valence-electron chi connectivity index (χ0n) is 10.1. The molecule has 0 saturated carbocycles. The molecule has 2 N–H and O–H groups in total. The third-order valence-corrected chi connectivity index (χ3v) is 3.21. The van der Waals surface area contributed by atoms with Gasteiger partial charge >= 0.3 is 0 Å². The van der Waals surface area contributed by atoms with Crippen LogP contribution in [0.3, 0.4) is 0 Å². The minimum absolute atomic E-state index is 0.0838.